The standard InChI is InChI=1S/C11H19B/c1-2-9-6-7-10(8-4-5-8)11(3-1)12-9/h8-12H,1-7H2. The molecule has 66 valence electrons. The van der Waals surface area contributed by atoms with E-state index in [0.29, 0.717) is 0 Å². The molecule has 3 unspecified atom stereocenters. The highest BCUT2D eigenvalue weighted by Crippen LogP contribution is 2.53. The Kier molecular flexibility index (Phi) is 1.73. The van der Waals surface area contributed by atoms with E-state index in [1.54, 1.807) is 52.2 Å². The quantitative estimate of drug-likeness (QED) is 0.520. The second-order valence-electron chi connectivity index (χ2n) is 5.37. The van der Waals surface area contributed by atoms with Gasteiger partial charge in [0.05, 0.1) is 0 Å². The van der Waals surface area contributed by atoms with Crippen LogP contribution in [0.1, 0.15) is 44.9 Å². The number of fused-ring (bicyclic) bond motifs is 2. The van der Waals surface area contributed by atoms with Crippen molar-refractivity contribution in [2.45, 2.75) is 56.6 Å². The Labute approximate surface area is 76.4 Å². The average molecular weight is 162 g/mol. The van der Waals surface area contributed by atoms with Crippen LogP contribution in [-0.2, 0) is 0 Å². The minimum Gasteiger partial charge on any atom is -0.0654 e. The van der Waals surface area contributed by atoms with E-state index in [1.165, 1.54) is 17.7 Å². The summed E-state index contributed by atoms with van der Waals surface area (Å²) in [6, 6.07) is 0. The zero-order chi connectivity index (χ0) is 7.97. The highest BCUT2D eigenvalue weighted by molar-refractivity contribution is 6.40. The molecule has 3 atom stereocenters. The van der Waals surface area contributed by atoms with Crippen LogP contribution in [0, 0.1) is 11.8 Å². The lowest BCUT2D eigenvalue weighted by molar-refractivity contribution is 0.311. The van der Waals surface area contributed by atoms with E-state index in [9.17, 15) is 0 Å². The summed E-state index contributed by atoms with van der Waals surface area (Å²) in [7, 11) is 1.61. The van der Waals surface area contributed by atoms with Gasteiger partial charge >= 0.3 is 0 Å². The molecule has 0 nitrogen and oxygen atoms in total. The lowest BCUT2D eigenvalue weighted by atomic mass is 9.41. The summed E-state index contributed by atoms with van der Waals surface area (Å²) in [5.74, 6) is 4.69. The van der Waals surface area contributed by atoms with Crippen LogP contribution < -0.4 is 0 Å². The molecule has 0 amide bonds. The van der Waals surface area contributed by atoms with Gasteiger partial charge in [-0.3, -0.25) is 0 Å². The summed E-state index contributed by atoms with van der Waals surface area (Å²) in [5.41, 5.74) is 0. The first-order valence-electron chi connectivity index (χ1n) is 5.93. The van der Waals surface area contributed by atoms with Crippen molar-refractivity contribution < 1.29 is 0 Å². The lowest BCUT2D eigenvalue weighted by Gasteiger charge is -2.39. The van der Waals surface area contributed by atoms with Crippen molar-refractivity contribution in [3.8, 4) is 0 Å². The molecule has 0 N–H and O–H groups in total. The molecule has 1 saturated carbocycles. The maximum Gasteiger partial charge on any atom is 0.127 e. The monoisotopic (exact) mass is 162 g/mol. The summed E-state index contributed by atoms with van der Waals surface area (Å²) in [4.78, 5) is 0. The molecule has 2 aliphatic heterocycles. The van der Waals surface area contributed by atoms with Gasteiger partial charge in [0.2, 0.25) is 0 Å². The van der Waals surface area contributed by atoms with Crippen molar-refractivity contribution in [3.05, 3.63) is 0 Å². The van der Waals surface area contributed by atoms with Crippen molar-refractivity contribution in [3.63, 3.8) is 0 Å². The van der Waals surface area contributed by atoms with Crippen LogP contribution in [0.5, 0.6) is 0 Å². The third-order valence-electron chi connectivity index (χ3n) is 4.56. The van der Waals surface area contributed by atoms with Crippen LogP contribution >= 0.6 is 0 Å². The summed E-state index contributed by atoms with van der Waals surface area (Å²) < 4.78 is 0. The summed E-state index contributed by atoms with van der Waals surface area (Å²) in [5, 5.41) is 0. The second kappa shape index (κ2) is 2.78. The maximum absolute atomic E-state index is 1.61. The van der Waals surface area contributed by atoms with E-state index in [2.05, 4.69) is 0 Å². The molecule has 2 heterocycles. The van der Waals surface area contributed by atoms with E-state index < -0.39 is 0 Å². The molecule has 3 rings (SSSR count). The van der Waals surface area contributed by atoms with Crippen molar-refractivity contribution in [2.24, 2.45) is 11.8 Å². The molecule has 0 spiro atoms. The van der Waals surface area contributed by atoms with Gasteiger partial charge in [0.15, 0.2) is 0 Å². The Bertz CT molecular complexity index is 174. The first kappa shape index (κ1) is 7.47. The Morgan fingerprint density at radius 2 is 1.75 bits per heavy atom. The van der Waals surface area contributed by atoms with Crippen LogP contribution in [0.2, 0.25) is 11.6 Å². The fourth-order valence-corrected chi connectivity index (χ4v) is 3.79. The van der Waals surface area contributed by atoms with Gasteiger partial charge in [-0.15, -0.1) is 0 Å². The average Bonchev–Trinajstić information content (AvgIpc) is 2.88. The van der Waals surface area contributed by atoms with Gasteiger partial charge in [-0.1, -0.05) is 43.7 Å². The molecule has 3 fully saturated rings. The normalized spacial score (nSPS) is 46.8. The van der Waals surface area contributed by atoms with Gasteiger partial charge < -0.3 is 0 Å². The van der Waals surface area contributed by atoms with Gasteiger partial charge in [-0.05, 0) is 24.7 Å². The molecule has 12 heavy (non-hydrogen) atoms. The molecule has 1 heteroatoms. The Hall–Kier alpha value is 0.0649. The predicted octanol–water partition coefficient (Wildman–Crippen LogP) is 3.00. The molecule has 2 saturated heterocycles. The first-order valence-corrected chi connectivity index (χ1v) is 5.93. The van der Waals surface area contributed by atoms with Crippen LogP contribution in [-0.4, -0.2) is 7.28 Å². The molecule has 1 aliphatic carbocycles. The van der Waals surface area contributed by atoms with Gasteiger partial charge in [0.1, 0.15) is 7.28 Å². The number of rotatable bonds is 1. The summed E-state index contributed by atoms with van der Waals surface area (Å²) >= 11 is 0. The Balaban J connectivity index is 1.70. The van der Waals surface area contributed by atoms with Crippen LogP contribution in [0.15, 0.2) is 0 Å². The lowest BCUT2D eigenvalue weighted by Crippen LogP contribution is -2.30. The molecule has 0 aromatic rings. The van der Waals surface area contributed by atoms with E-state index in [1.807, 2.05) is 0 Å². The Morgan fingerprint density at radius 3 is 2.58 bits per heavy atom. The summed E-state index contributed by atoms with van der Waals surface area (Å²) in [6.45, 7) is 0. The molecule has 0 radical (unpaired) electrons. The predicted molar refractivity (Wildman–Crippen MR) is 53.9 cm³/mol. The van der Waals surface area contributed by atoms with Crippen LogP contribution in [0.25, 0.3) is 0 Å². The van der Waals surface area contributed by atoms with Gasteiger partial charge in [-0.2, -0.15) is 0 Å². The van der Waals surface area contributed by atoms with Crippen molar-refractivity contribution in [2.75, 3.05) is 0 Å². The minimum atomic E-state index is 1.15. The SMILES string of the molecule is B1C2CCCC1C(C1CC1)CC2. The van der Waals surface area contributed by atoms with Crippen molar-refractivity contribution in [1.82, 2.24) is 0 Å². The first-order chi connectivity index (χ1) is 5.93. The third-order valence-corrected chi connectivity index (χ3v) is 4.56. The van der Waals surface area contributed by atoms with E-state index >= 15 is 0 Å². The molecule has 0 aromatic heterocycles. The topological polar surface area (TPSA) is 0 Å². The van der Waals surface area contributed by atoms with Crippen LogP contribution in [0.4, 0.5) is 0 Å². The molecular weight excluding hydrogens is 143 g/mol. The highest BCUT2D eigenvalue weighted by atomic mass is 14.4. The largest absolute Gasteiger partial charge is 0.127 e. The van der Waals surface area contributed by atoms with Gasteiger partial charge in [0.25, 0.3) is 0 Å². The highest BCUT2D eigenvalue weighted by Gasteiger charge is 2.41. The van der Waals surface area contributed by atoms with E-state index in [-0.39, 0.29) is 0 Å². The summed E-state index contributed by atoms with van der Waals surface area (Å²) in [6.07, 6.45) is 11.0. The smallest absolute Gasteiger partial charge is 0.0654 e. The number of hydrogen-bond acceptors (Lipinski definition) is 0. The molecule has 0 aromatic carbocycles. The van der Waals surface area contributed by atoms with E-state index in [0.717, 1.165) is 5.82 Å². The number of hydrogen-bond donors (Lipinski definition) is 0. The second-order valence-corrected chi connectivity index (χ2v) is 5.37. The van der Waals surface area contributed by atoms with Gasteiger partial charge in [0, 0.05) is 0 Å². The molecular formula is C11H19B. The van der Waals surface area contributed by atoms with Gasteiger partial charge in [-0.25, -0.2) is 0 Å². The van der Waals surface area contributed by atoms with Crippen molar-refractivity contribution >= 4 is 7.28 Å². The third kappa shape index (κ3) is 1.22. The molecule has 2 bridgehead atoms. The fraction of sp³-hybridized carbons (Fsp3) is 1.00. The zero-order valence-electron chi connectivity index (χ0n) is 7.97. The zero-order valence-corrected chi connectivity index (χ0v) is 7.97. The van der Waals surface area contributed by atoms with Crippen LogP contribution in [0.3, 0.4) is 0 Å². The maximum atomic E-state index is 1.61. The van der Waals surface area contributed by atoms with E-state index in [4.69, 9.17) is 0 Å². The minimum absolute atomic E-state index is 1.15. The fourth-order valence-electron chi connectivity index (χ4n) is 3.79. The Morgan fingerprint density at radius 1 is 0.833 bits per heavy atom. The van der Waals surface area contributed by atoms with Crippen molar-refractivity contribution in [1.29, 1.82) is 0 Å². The molecule has 3 aliphatic rings.